The molecule has 3 heterocycles. The van der Waals surface area contributed by atoms with E-state index >= 15 is 0 Å². The van der Waals surface area contributed by atoms with Crippen LogP contribution < -0.4 is 14.2 Å². The number of rotatable bonds is 6. The van der Waals surface area contributed by atoms with Gasteiger partial charge in [-0.3, -0.25) is 9.80 Å². The molecule has 0 spiro atoms. The van der Waals surface area contributed by atoms with Gasteiger partial charge in [0.2, 0.25) is 0 Å². The molecular formula is C20H29N3O5. The van der Waals surface area contributed by atoms with Crippen LogP contribution in [-0.2, 0) is 4.84 Å². The van der Waals surface area contributed by atoms with Crippen molar-refractivity contribution in [2.45, 2.75) is 19.1 Å². The van der Waals surface area contributed by atoms with E-state index in [1.807, 2.05) is 19.1 Å². The Morgan fingerprint density at radius 2 is 1.82 bits per heavy atom. The lowest BCUT2D eigenvalue weighted by Gasteiger charge is -2.36. The smallest absolute Gasteiger partial charge is 0.164 e. The summed E-state index contributed by atoms with van der Waals surface area (Å²) < 4.78 is 16.8. The van der Waals surface area contributed by atoms with Gasteiger partial charge in [0.1, 0.15) is 18.1 Å². The Morgan fingerprint density at radius 1 is 1.14 bits per heavy atom. The number of aliphatic hydroxyl groups excluding tert-OH is 1. The lowest BCUT2D eigenvalue weighted by atomic mass is 9.90. The van der Waals surface area contributed by atoms with E-state index in [0.717, 1.165) is 56.3 Å². The number of fused-ring (bicyclic) bond motifs is 3. The standard InChI is InChI=1S/C20H29N3O5/c1-13(24)10-22-4-6-23(7-5-22)11-19-15-12-27-16-9-18(26-3)17(25-2)8-14(16)20(15)21-28-19/h8-9,13,15,19,24H,4-7,10-12H2,1-3H3. The zero-order valence-electron chi connectivity index (χ0n) is 16.8. The Hall–Kier alpha value is -2.03. The molecule has 3 atom stereocenters. The van der Waals surface area contributed by atoms with E-state index in [1.165, 1.54) is 0 Å². The maximum Gasteiger partial charge on any atom is 0.164 e. The van der Waals surface area contributed by atoms with Crippen LogP contribution in [0.15, 0.2) is 17.3 Å². The SMILES string of the molecule is COc1cc2c(cc1OC)C1=NOC(CN3CCN(CC(C)O)CC3)C1CO2. The number of hydrogen-bond donors (Lipinski definition) is 1. The van der Waals surface area contributed by atoms with Crippen molar-refractivity contribution in [2.24, 2.45) is 11.1 Å². The minimum absolute atomic E-state index is 0.0143. The molecule has 0 aliphatic carbocycles. The second-order valence-electron chi connectivity index (χ2n) is 7.69. The lowest BCUT2D eigenvalue weighted by Crippen LogP contribution is -2.51. The zero-order valence-corrected chi connectivity index (χ0v) is 16.8. The number of aliphatic hydroxyl groups is 1. The summed E-state index contributed by atoms with van der Waals surface area (Å²) >= 11 is 0. The molecule has 1 aromatic rings. The number of β-amino-alcohol motifs (C(OH)–C–C–N with tert-alkyl or cyclic N) is 1. The maximum absolute atomic E-state index is 9.56. The zero-order chi connectivity index (χ0) is 19.7. The first-order valence-corrected chi connectivity index (χ1v) is 9.84. The molecule has 0 amide bonds. The second-order valence-corrected chi connectivity index (χ2v) is 7.69. The van der Waals surface area contributed by atoms with Gasteiger partial charge < -0.3 is 24.2 Å². The number of oxime groups is 1. The molecule has 1 N–H and O–H groups in total. The van der Waals surface area contributed by atoms with Gasteiger partial charge in [-0.2, -0.15) is 0 Å². The molecule has 4 rings (SSSR count). The molecule has 154 valence electrons. The molecule has 0 bridgehead atoms. The van der Waals surface area contributed by atoms with E-state index in [4.69, 9.17) is 19.0 Å². The number of hydrogen-bond acceptors (Lipinski definition) is 8. The first-order chi connectivity index (χ1) is 13.6. The summed E-state index contributed by atoms with van der Waals surface area (Å²) in [4.78, 5) is 10.5. The molecule has 28 heavy (non-hydrogen) atoms. The van der Waals surface area contributed by atoms with E-state index in [-0.39, 0.29) is 18.1 Å². The van der Waals surface area contributed by atoms with E-state index in [2.05, 4.69) is 15.0 Å². The van der Waals surface area contributed by atoms with Crippen LogP contribution in [0.1, 0.15) is 12.5 Å². The number of benzene rings is 1. The molecular weight excluding hydrogens is 362 g/mol. The van der Waals surface area contributed by atoms with Crippen LogP contribution in [0.3, 0.4) is 0 Å². The Kier molecular flexibility index (Phi) is 5.61. The molecule has 0 radical (unpaired) electrons. The highest BCUT2D eigenvalue weighted by Gasteiger charge is 2.41. The predicted molar refractivity (Wildman–Crippen MR) is 105 cm³/mol. The van der Waals surface area contributed by atoms with Crippen molar-refractivity contribution in [3.63, 3.8) is 0 Å². The molecule has 0 aromatic heterocycles. The topological polar surface area (TPSA) is 76.0 Å². The lowest BCUT2D eigenvalue weighted by molar-refractivity contribution is 0.00509. The minimum Gasteiger partial charge on any atom is -0.493 e. The largest absolute Gasteiger partial charge is 0.493 e. The summed E-state index contributed by atoms with van der Waals surface area (Å²) in [5, 5.41) is 14.0. The number of ether oxygens (including phenoxy) is 3. The third-order valence-corrected chi connectivity index (χ3v) is 5.69. The van der Waals surface area contributed by atoms with Gasteiger partial charge in [-0.1, -0.05) is 5.16 Å². The van der Waals surface area contributed by atoms with Gasteiger partial charge in [0.05, 0.1) is 26.2 Å². The fourth-order valence-electron chi connectivity index (χ4n) is 4.18. The number of piperazine rings is 1. The van der Waals surface area contributed by atoms with E-state index in [9.17, 15) is 5.11 Å². The van der Waals surface area contributed by atoms with E-state index < -0.39 is 0 Å². The molecule has 3 unspecified atom stereocenters. The maximum atomic E-state index is 9.56. The van der Waals surface area contributed by atoms with Crippen LogP contribution >= 0.6 is 0 Å². The van der Waals surface area contributed by atoms with Gasteiger partial charge in [-0.25, -0.2) is 0 Å². The molecule has 8 nitrogen and oxygen atoms in total. The summed E-state index contributed by atoms with van der Waals surface area (Å²) in [6.07, 6.45) is -0.296. The highest BCUT2D eigenvalue weighted by Crippen LogP contribution is 2.40. The minimum atomic E-state index is -0.282. The van der Waals surface area contributed by atoms with Gasteiger partial charge in [-0.15, -0.1) is 0 Å². The molecule has 1 fully saturated rings. The summed E-state index contributed by atoms with van der Waals surface area (Å²) in [6, 6.07) is 3.77. The van der Waals surface area contributed by atoms with Crippen molar-refractivity contribution >= 4 is 5.71 Å². The van der Waals surface area contributed by atoms with Crippen LogP contribution in [-0.4, -0.2) is 92.9 Å². The molecule has 8 heteroatoms. The fourth-order valence-corrected chi connectivity index (χ4v) is 4.18. The van der Waals surface area contributed by atoms with Gasteiger partial charge in [0.15, 0.2) is 17.6 Å². The first kappa shape index (κ1) is 19.3. The Balaban J connectivity index is 1.40. The first-order valence-electron chi connectivity index (χ1n) is 9.84. The van der Waals surface area contributed by atoms with Crippen molar-refractivity contribution in [3.05, 3.63) is 17.7 Å². The van der Waals surface area contributed by atoms with Crippen molar-refractivity contribution in [3.8, 4) is 17.2 Å². The van der Waals surface area contributed by atoms with Crippen LogP contribution in [0.2, 0.25) is 0 Å². The van der Waals surface area contributed by atoms with Gasteiger partial charge in [0.25, 0.3) is 0 Å². The molecule has 1 aromatic carbocycles. The third kappa shape index (κ3) is 3.76. The van der Waals surface area contributed by atoms with Crippen LogP contribution in [0, 0.1) is 5.92 Å². The Bertz CT molecular complexity index is 731. The summed E-state index contributed by atoms with van der Waals surface area (Å²) in [7, 11) is 3.24. The van der Waals surface area contributed by atoms with Crippen LogP contribution in [0.5, 0.6) is 17.2 Å². The highest BCUT2D eigenvalue weighted by molar-refractivity contribution is 6.06. The Labute approximate surface area is 165 Å². The van der Waals surface area contributed by atoms with Gasteiger partial charge in [-0.05, 0) is 13.0 Å². The summed E-state index contributed by atoms with van der Waals surface area (Å²) in [5.41, 5.74) is 1.85. The summed E-state index contributed by atoms with van der Waals surface area (Å²) in [5.74, 6) is 2.17. The van der Waals surface area contributed by atoms with Gasteiger partial charge in [0, 0.05) is 50.9 Å². The van der Waals surface area contributed by atoms with E-state index in [0.29, 0.717) is 18.1 Å². The third-order valence-electron chi connectivity index (χ3n) is 5.69. The molecule has 3 aliphatic rings. The molecule has 3 aliphatic heterocycles. The quantitative estimate of drug-likeness (QED) is 0.769. The summed E-state index contributed by atoms with van der Waals surface area (Å²) in [6.45, 7) is 7.82. The predicted octanol–water partition coefficient (Wildman–Crippen LogP) is 0.814. The van der Waals surface area contributed by atoms with Crippen molar-refractivity contribution in [2.75, 3.05) is 60.1 Å². The van der Waals surface area contributed by atoms with Crippen molar-refractivity contribution < 1.29 is 24.2 Å². The monoisotopic (exact) mass is 391 g/mol. The van der Waals surface area contributed by atoms with Crippen LogP contribution in [0.4, 0.5) is 0 Å². The second kappa shape index (κ2) is 8.14. The average molecular weight is 391 g/mol. The fraction of sp³-hybridized carbons (Fsp3) is 0.650. The van der Waals surface area contributed by atoms with Crippen molar-refractivity contribution in [1.29, 1.82) is 0 Å². The van der Waals surface area contributed by atoms with Crippen molar-refractivity contribution in [1.82, 2.24) is 9.80 Å². The number of methoxy groups -OCH3 is 2. The molecule has 1 saturated heterocycles. The average Bonchev–Trinajstić information content (AvgIpc) is 3.11. The van der Waals surface area contributed by atoms with E-state index in [1.54, 1.807) is 14.2 Å². The van der Waals surface area contributed by atoms with Crippen LogP contribution in [0.25, 0.3) is 0 Å². The Morgan fingerprint density at radius 3 is 2.50 bits per heavy atom. The molecule has 0 saturated carbocycles. The van der Waals surface area contributed by atoms with Gasteiger partial charge >= 0.3 is 0 Å². The highest BCUT2D eigenvalue weighted by atomic mass is 16.6. The normalized spacial score (nSPS) is 25.8. The number of nitrogens with zero attached hydrogens (tertiary/aromatic N) is 3.